The zero-order valence-electron chi connectivity index (χ0n) is 8.31. The summed E-state index contributed by atoms with van der Waals surface area (Å²) in [7, 11) is 0. The first-order chi connectivity index (χ1) is 7.36. The monoisotopic (exact) mass is 195 g/mol. The molecule has 0 aliphatic rings. The summed E-state index contributed by atoms with van der Waals surface area (Å²) in [5.41, 5.74) is 2.01. The lowest BCUT2D eigenvalue weighted by Crippen LogP contribution is -1.88. The summed E-state index contributed by atoms with van der Waals surface area (Å²) in [6, 6.07) is 6.10. The van der Waals surface area contributed by atoms with E-state index in [2.05, 4.69) is 27.1 Å². The van der Waals surface area contributed by atoms with E-state index >= 15 is 0 Å². The highest BCUT2D eigenvalue weighted by Crippen LogP contribution is 2.23. The second-order valence-electron chi connectivity index (χ2n) is 3.52. The molecule has 0 spiro atoms. The summed E-state index contributed by atoms with van der Waals surface area (Å²) < 4.78 is 0. The molecule has 0 amide bonds. The van der Waals surface area contributed by atoms with Crippen molar-refractivity contribution in [2.45, 2.75) is 6.92 Å². The first-order valence-electron chi connectivity index (χ1n) is 4.80. The highest BCUT2D eigenvalue weighted by molar-refractivity contribution is 6.05. The molecule has 2 heterocycles. The second-order valence-corrected chi connectivity index (χ2v) is 3.52. The Bertz CT molecular complexity index is 646. The van der Waals surface area contributed by atoms with Crippen molar-refractivity contribution in [2.24, 2.45) is 0 Å². The fourth-order valence-electron chi connectivity index (χ4n) is 1.83. The first-order valence-corrected chi connectivity index (χ1v) is 4.80. The molecule has 0 aliphatic carbocycles. The summed E-state index contributed by atoms with van der Waals surface area (Å²) in [6.45, 7) is 2.00. The molecule has 0 saturated carbocycles. The van der Waals surface area contributed by atoms with E-state index < -0.39 is 0 Å². The summed E-state index contributed by atoms with van der Waals surface area (Å²) in [5.74, 6) is 0. The number of hydrogen-bond acceptors (Lipinski definition) is 3. The van der Waals surface area contributed by atoms with Crippen molar-refractivity contribution >= 4 is 21.7 Å². The number of pyridine rings is 1. The van der Waals surface area contributed by atoms with Gasteiger partial charge in [0, 0.05) is 34.2 Å². The molecule has 0 aliphatic heterocycles. The SMILES string of the molecule is Cc1ncnc2c1ccc1cnccc12. The number of hydrogen-bond donors (Lipinski definition) is 0. The Morgan fingerprint density at radius 1 is 1.00 bits per heavy atom. The van der Waals surface area contributed by atoms with Gasteiger partial charge in [0.05, 0.1) is 5.52 Å². The third kappa shape index (κ3) is 1.16. The smallest absolute Gasteiger partial charge is 0.116 e. The van der Waals surface area contributed by atoms with Gasteiger partial charge in [-0.2, -0.15) is 0 Å². The Morgan fingerprint density at radius 2 is 1.93 bits per heavy atom. The van der Waals surface area contributed by atoms with Crippen LogP contribution in [0.1, 0.15) is 5.69 Å². The highest BCUT2D eigenvalue weighted by Gasteiger charge is 2.03. The third-order valence-corrected chi connectivity index (χ3v) is 2.62. The molecule has 0 radical (unpaired) electrons. The lowest BCUT2D eigenvalue weighted by molar-refractivity contribution is 1.15. The van der Waals surface area contributed by atoms with Crippen molar-refractivity contribution in [1.29, 1.82) is 0 Å². The zero-order chi connectivity index (χ0) is 10.3. The van der Waals surface area contributed by atoms with Gasteiger partial charge in [-0.3, -0.25) is 4.98 Å². The predicted octanol–water partition coefficient (Wildman–Crippen LogP) is 2.49. The van der Waals surface area contributed by atoms with Gasteiger partial charge in [0.25, 0.3) is 0 Å². The Hall–Kier alpha value is -2.03. The maximum atomic E-state index is 4.33. The van der Waals surface area contributed by atoms with Gasteiger partial charge < -0.3 is 0 Å². The summed E-state index contributed by atoms with van der Waals surface area (Å²) in [6.07, 6.45) is 5.25. The molecular formula is C12H9N3. The molecule has 0 N–H and O–H groups in total. The van der Waals surface area contributed by atoms with Gasteiger partial charge in [-0.05, 0) is 13.0 Å². The molecule has 3 rings (SSSR count). The van der Waals surface area contributed by atoms with Gasteiger partial charge in [0.15, 0.2) is 0 Å². The van der Waals surface area contributed by atoms with E-state index in [1.165, 1.54) is 0 Å². The molecule has 0 unspecified atom stereocenters. The maximum absolute atomic E-state index is 4.33. The van der Waals surface area contributed by atoms with Crippen LogP contribution < -0.4 is 0 Å². The van der Waals surface area contributed by atoms with Crippen molar-refractivity contribution in [3.63, 3.8) is 0 Å². The molecule has 0 atom stereocenters. The summed E-state index contributed by atoms with van der Waals surface area (Å²) in [4.78, 5) is 12.6. The molecule has 72 valence electrons. The number of benzene rings is 1. The van der Waals surface area contributed by atoms with E-state index in [-0.39, 0.29) is 0 Å². The van der Waals surface area contributed by atoms with Crippen LogP contribution in [0.25, 0.3) is 21.7 Å². The van der Waals surface area contributed by atoms with Crippen molar-refractivity contribution in [2.75, 3.05) is 0 Å². The van der Waals surface area contributed by atoms with E-state index in [0.717, 1.165) is 27.4 Å². The fourth-order valence-corrected chi connectivity index (χ4v) is 1.83. The van der Waals surface area contributed by atoms with Crippen LogP contribution in [0.15, 0.2) is 36.9 Å². The van der Waals surface area contributed by atoms with Gasteiger partial charge >= 0.3 is 0 Å². The van der Waals surface area contributed by atoms with E-state index in [9.17, 15) is 0 Å². The van der Waals surface area contributed by atoms with Crippen molar-refractivity contribution in [1.82, 2.24) is 15.0 Å². The number of fused-ring (bicyclic) bond motifs is 3. The van der Waals surface area contributed by atoms with Crippen LogP contribution in [0, 0.1) is 6.92 Å². The topological polar surface area (TPSA) is 38.7 Å². The molecule has 3 aromatic rings. The molecule has 0 bridgehead atoms. The molecule has 3 heteroatoms. The van der Waals surface area contributed by atoms with E-state index in [1.807, 2.05) is 19.2 Å². The van der Waals surface area contributed by atoms with Crippen LogP contribution in [0.3, 0.4) is 0 Å². The van der Waals surface area contributed by atoms with Gasteiger partial charge in [-0.15, -0.1) is 0 Å². The number of aromatic nitrogens is 3. The van der Waals surface area contributed by atoms with E-state index in [0.29, 0.717) is 0 Å². The molecule has 2 aromatic heterocycles. The fraction of sp³-hybridized carbons (Fsp3) is 0.0833. The Kier molecular flexibility index (Phi) is 1.65. The van der Waals surface area contributed by atoms with Crippen LogP contribution in [0.5, 0.6) is 0 Å². The first kappa shape index (κ1) is 8.29. The molecular weight excluding hydrogens is 186 g/mol. The second kappa shape index (κ2) is 2.98. The molecule has 0 saturated heterocycles. The van der Waals surface area contributed by atoms with Crippen LogP contribution in [-0.2, 0) is 0 Å². The van der Waals surface area contributed by atoms with E-state index in [4.69, 9.17) is 0 Å². The van der Waals surface area contributed by atoms with Crippen LogP contribution in [0.4, 0.5) is 0 Å². The van der Waals surface area contributed by atoms with E-state index in [1.54, 1.807) is 12.5 Å². The lowest BCUT2D eigenvalue weighted by atomic mass is 10.1. The predicted molar refractivity (Wildman–Crippen MR) is 59.6 cm³/mol. The largest absolute Gasteiger partial charge is 0.264 e. The van der Waals surface area contributed by atoms with Gasteiger partial charge in [0.2, 0.25) is 0 Å². The number of nitrogens with zero attached hydrogens (tertiary/aromatic N) is 3. The van der Waals surface area contributed by atoms with Crippen molar-refractivity contribution in [3.05, 3.63) is 42.6 Å². The molecule has 3 nitrogen and oxygen atoms in total. The quantitative estimate of drug-likeness (QED) is 0.517. The average molecular weight is 195 g/mol. The molecule has 15 heavy (non-hydrogen) atoms. The summed E-state index contributed by atoms with van der Waals surface area (Å²) >= 11 is 0. The Balaban J connectivity index is 2.60. The van der Waals surface area contributed by atoms with Crippen molar-refractivity contribution in [3.8, 4) is 0 Å². The Labute approximate surface area is 86.8 Å². The number of rotatable bonds is 0. The van der Waals surface area contributed by atoms with Gasteiger partial charge in [-0.25, -0.2) is 9.97 Å². The van der Waals surface area contributed by atoms with Crippen molar-refractivity contribution < 1.29 is 0 Å². The zero-order valence-corrected chi connectivity index (χ0v) is 8.31. The normalized spacial score (nSPS) is 11.0. The van der Waals surface area contributed by atoms with Gasteiger partial charge in [-0.1, -0.05) is 12.1 Å². The van der Waals surface area contributed by atoms with Crippen LogP contribution >= 0.6 is 0 Å². The molecule has 0 fully saturated rings. The highest BCUT2D eigenvalue weighted by atomic mass is 14.8. The minimum Gasteiger partial charge on any atom is -0.264 e. The summed E-state index contributed by atoms with van der Waals surface area (Å²) in [5, 5.41) is 3.35. The minimum absolute atomic E-state index is 1.00. The van der Waals surface area contributed by atoms with Gasteiger partial charge in [0.1, 0.15) is 6.33 Å². The Morgan fingerprint density at radius 3 is 2.87 bits per heavy atom. The number of aryl methyl sites for hydroxylation is 1. The van der Waals surface area contributed by atoms with Crippen LogP contribution in [0.2, 0.25) is 0 Å². The third-order valence-electron chi connectivity index (χ3n) is 2.62. The van der Waals surface area contributed by atoms with Crippen LogP contribution in [-0.4, -0.2) is 15.0 Å². The lowest BCUT2D eigenvalue weighted by Gasteiger charge is -2.03. The average Bonchev–Trinajstić information content (AvgIpc) is 2.29. The molecule has 1 aromatic carbocycles. The minimum atomic E-state index is 1.00. The maximum Gasteiger partial charge on any atom is 0.116 e. The standard InChI is InChI=1S/C12H9N3/c1-8-10-3-2-9-6-13-5-4-11(9)12(10)15-7-14-8/h2-7H,1H3.